The van der Waals surface area contributed by atoms with Crippen LogP contribution in [0.1, 0.15) is 43.6 Å². The summed E-state index contributed by atoms with van der Waals surface area (Å²) in [5.74, 6) is 1.75. The van der Waals surface area contributed by atoms with Gasteiger partial charge in [-0.2, -0.15) is 0 Å². The zero-order valence-electron chi connectivity index (χ0n) is 11.5. The molecule has 4 nitrogen and oxygen atoms in total. The molecule has 1 heterocycles. The lowest BCUT2D eigenvalue weighted by molar-refractivity contribution is 0.215. The Balaban J connectivity index is 2.00. The third-order valence-electron chi connectivity index (χ3n) is 3.96. The van der Waals surface area contributed by atoms with E-state index in [9.17, 15) is 0 Å². The van der Waals surface area contributed by atoms with E-state index < -0.39 is 0 Å². The monoisotopic (exact) mass is 248 g/mol. The van der Waals surface area contributed by atoms with Crippen LogP contribution in [0, 0.1) is 19.3 Å². The van der Waals surface area contributed by atoms with Crippen LogP contribution in [0.4, 0.5) is 5.82 Å². The predicted molar refractivity (Wildman–Crippen MR) is 74.6 cm³/mol. The van der Waals surface area contributed by atoms with E-state index in [4.69, 9.17) is 5.73 Å². The van der Waals surface area contributed by atoms with Crippen molar-refractivity contribution in [3.8, 4) is 0 Å². The summed E-state index contributed by atoms with van der Waals surface area (Å²) in [6.45, 7) is 5.62. The third-order valence-corrected chi connectivity index (χ3v) is 3.96. The first-order valence-corrected chi connectivity index (χ1v) is 6.90. The molecule has 1 aliphatic carbocycles. The molecular formula is C14H24N4. The van der Waals surface area contributed by atoms with Gasteiger partial charge in [0.1, 0.15) is 11.6 Å². The summed E-state index contributed by atoms with van der Waals surface area (Å²) in [6.07, 6.45) is 6.44. The molecule has 0 bridgehead atoms. The highest BCUT2D eigenvalue weighted by Crippen LogP contribution is 2.35. The maximum Gasteiger partial charge on any atom is 0.129 e. The topological polar surface area (TPSA) is 63.8 Å². The lowest BCUT2D eigenvalue weighted by Crippen LogP contribution is -2.39. The second-order valence-corrected chi connectivity index (χ2v) is 5.56. The molecule has 0 radical (unpaired) electrons. The van der Waals surface area contributed by atoms with Gasteiger partial charge < -0.3 is 11.1 Å². The number of rotatable bonds is 4. The quantitative estimate of drug-likeness (QED) is 0.859. The fourth-order valence-corrected chi connectivity index (χ4v) is 2.84. The summed E-state index contributed by atoms with van der Waals surface area (Å²) in [5.41, 5.74) is 7.27. The van der Waals surface area contributed by atoms with Crippen molar-refractivity contribution in [2.24, 2.45) is 11.1 Å². The van der Waals surface area contributed by atoms with E-state index in [0.717, 1.165) is 30.4 Å². The minimum Gasteiger partial charge on any atom is -0.369 e. The maximum absolute atomic E-state index is 5.99. The van der Waals surface area contributed by atoms with E-state index in [2.05, 4.69) is 15.3 Å². The van der Waals surface area contributed by atoms with Crippen molar-refractivity contribution in [3.63, 3.8) is 0 Å². The number of aryl methyl sites for hydroxylation is 2. The highest BCUT2D eigenvalue weighted by molar-refractivity contribution is 5.36. The van der Waals surface area contributed by atoms with Crippen molar-refractivity contribution in [2.45, 2.75) is 46.0 Å². The first-order chi connectivity index (χ1) is 8.63. The second kappa shape index (κ2) is 5.65. The van der Waals surface area contributed by atoms with Gasteiger partial charge in [0, 0.05) is 18.3 Å². The minimum absolute atomic E-state index is 0.269. The van der Waals surface area contributed by atoms with Crippen molar-refractivity contribution < 1.29 is 0 Å². The Labute approximate surface area is 109 Å². The van der Waals surface area contributed by atoms with Crippen molar-refractivity contribution >= 4 is 5.82 Å². The van der Waals surface area contributed by atoms with Crippen molar-refractivity contribution in [1.29, 1.82) is 0 Å². The van der Waals surface area contributed by atoms with Crippen LogP contribution in [0.15, 0.2) is 6.07 Å². The van der Waals surface area contributed by atoms with Gasteiger partial charge in [0.2, 0.25) is 0 Å². The van der Waals surface area contributed by atoms with Gasteiger partial charge in [-0.25, -0.2) is 9.97 Å². The normalized spacial score (nSPS) is 18.6. The van der Waals surface area contributed by atoms with Crippen LogP contribution in [0.25, 0.3) is 0 Å². The molecule has 1 aliphatic rings. The van der Waals surface area contributed by atoms with Gasteiger partial charge in [-0.15, -0.1) is 0 Å². The fraction of sp³-hybridized carbons (Fsp3) is 0.714. The van der Waals surface area contributed by atoms with Gasteiger partial charge in [-0.1, -0.05) is 19.3 Å². The lowest BCUT2D eigenvalue weighted by atomic mass is 9.74. The molecular weight excluding hydrogens is 224 g/mol. The van der Waals surface area contributed by atoms with Gasteiger partial charge in [0.25, 0.3) is 0 Å². The lowest BCUT2D eigenvalue weighted by Gasteiger charge is -2.36. The Kier molecular flexibility index (Phi) is 4.17. The molecule has 0 aromatic carbocycles. The van der Waals surface area contributed by atoms with Gasteiger partial charge in [0.15, 0.2) is 0 Å². The summed E-state index contributed by atoms with van der Waals surface area (Å²) in [4.78, 5) is 8.71. The average Bonchev–Trinajstić information content (AvgIpc) is 2.36. The summed E-state index contributed by atoms with van der Waals surface area (Å²) >= 11 is 0. The van der Waals surface area contributed by atoms with Crippen LogP contribution in [0.3, 0.4) is 0 Å². The van der Waals surface area contributed by atoms with Gasteiger partial charge >= 0.3 is 0 Å². The molecule has 3 N–H and O–H groups in total. The Hall–Kier alpha value is -1.16. The van der Waals surface area contributed by atoms with Crippen molar-refractivity contribution in [1.82, 2.24) is 9.97 Å². The number of hydrogen-bond donors (Lipinski definition) is 2. The van der Waals surface area contributed by atoms with Crippen LogP contribution in [-0.4, -0.2) is 23.1 Å². The predicted octanol–water partition coefficient (Wildman–Crippen LogP) is 2.41. The van der Waals surface area contributed by atoms with Gasteiger partial charge in [0.05, 0.1) is 0 Å². The molecule has 0 unspecified atom stereocenters. The number of aromatic nitrogens is 2. The van der Waals surface area contributed by atoms with Crippen LogP contribution >= 0.6 is 0 Å². The fourth-order valence-electron chi connectivity index (χ4n) is 2.84. The first kappa shape index (κ1) is 13.3. The van der Waals surface area contributed by atoms with Crippen molar-refractivity contribution in [3.05, 3.63) is 17.6 Å². The molecule has 1 aromatic heterocycles. The Morgan fingerprint density at radius 1 is 1.22 bits per heavy atom. The van der Waals surface area contributed by atoms with E-state index >= 15 is 0 Å². The van der Waals surface area contributed by atoms with Crippen molar-refractivity contribution in [2.75, 3.05) is 18.4 Å². The molecule has 0 spiro atoms. The highest BCUT2D eigenvalue weighted by atomic mass is 15.0. The van der Waals surface area contributed by atoms with Crippen LogP contribution < -0.4 is 11.1 Å². The van der Waals surface area contributed by atoms with E-state index in [-0.39, 0.29) is 5.41 Å². The summed E-state index contributed by atoms with van der Waals surface area (Å²) in [6, 6.07) is 2.00. The molecule has 1 saturated carbocycles. The van der Waals surface area contributed by atoms with Gasteiger partial charge in [-0.05, 0) is 38.6 Å². The van der Waals surface area contributed by atoms with Gasteiger partial charge in [-0.3, -0.25) is 0 Å². The molecule has 0 atom stereocenters. The zero-order chi connectivity index (χ0) is 13.0. The smallest absolute Gasteiger partial charge is 0.129 e. The number of nitrogens with zero attached hydrogens (tertiary/aromatic N) is 2. The van der Waals surface area contributed by atoms with Crippen LogP contribution in [0.5, 0.6) is 0 Å². The molecule has 100 valence electrons. The van der Waals surface area contributed by atoms with E-state index in [0.29, 0.717) is 0 Å². The number of anilines is 1. The molecule has 18 heavy (non-hydrogen) atoms. The third kappa shape index (κ3) is 3.19. The standard InChI is InChI=1S/C14H24N4/c1-11-8-13(18-12(2)17-11)16-10-14(9-15)6-4-3-5-7-14/h8H,3-7,9-10,15H2,1-2H3,(H,16,17,18). The number of nitrogens with one attached hydrogen (secondary N) is 1. The van der Waals surface area contributed by atoms with E-state index in [1.165, 1.54) is 32.1 Å². The molecule has 0 aliphatic heterocycles. The summed E-state index contributed by atoms with van der Waals surface area (Å²) in [5, 5.41) is 3.46. The molecule has 1 aromatic rings. The maximum atomic E-state index is 5.99. The summed E-state index contributed by atoms with van der Waals surface area (Å²) in [7, 11) is 0. The molecule has 1 fully saturated rings. The SMILES string of the molecule is Cc1cc(NCC2(CN)CCCCC2)nc(C)n1. The summed E-state index contributed by atoms with van der Waals surface area (Å²) < 4.78 is 0. The number of hydrogen-bond acceptors (Lipinski definition) is 4. The Morgan fingerprint density at radius 3 is 2.56 bits per heavy atom. The molecule has 0 amide bonds. The Bertz CT molecular complexity index is 377. The molecule has 4 heteroatoms. The number of nitrogens with two attached hydrogens (primary N) is 1. The van der Waals surface area contributed by atoms with E-state index in [1.54, 1.807) is 0 Å². The molecule has 2 rings (SSSR count). The largest absolute Gasteiger partial charge is 0.369 e. The second-order valence-electron chi connectivity index (χ2n) is 5.56. The zero-order valence-corrected chi connectivity index (χ0v) is 11.5. The average molecular weight is 248 g/mol. The van der Waals surface area contributed by atoms with Crippen LogP contribution in [-0.2, 0) is 0 Å². The van der Waals surface area contributed by atoms with E-state index in [1.807, 2.05) is 19.9 Å². The molecule has 0 saturated heterocycles. The van der Waals surface area contributed by atoms with Crippen LogP contribution in [0.2, 0.25) is 0 Å². The Morgan fingerprint density at radius 2 is 1.94 bits per heavy atom. The first-order valence-electron chi connectivity index (χ1n) is 6.90. The minimum atomic E-state index is 0.269. The highest BCUT2D eigenvalue weighted by Gasteiger charge is 2.30.